The molecule has 0 atom stereocenters. The number of aliphatic imine (C=N–C) groups is 1. The van der Waals surface area contributed by atoms with Gasteiger partial charge in [-0.25, -0.2) is 9.98 Å². The summed E-state index contributed by atoms with van der Waals surface area (Å²) in [6.07, 6.45) is 5.56. The third-order valence-electron chi connectivity index (χ3n) is 5.59. The lowest BCUT2D eigenvalue weighted by atomic mass is 10.1. The van der Waals surface area contributed by atoms with Crippen LogP contribution in [-0.4, -0.2) is 53.3 Å². The van der Waals surface area contributed by atoms with Crippen molar-refractivity contribution in [1.82, 2.24) is 25.1 Å². The second-order valence-electron chi connectivity index (χ2n) is 7.80. The van der Waals surface area contributed by atoms with Gasteiger partial charge in [-0.3, -0.25) is 4.90 Å². The maximum Gasteiger partial charge on any atom is 0.191 e. The third-order valence-corrected chi connectivity index (χ3v) is 5.59. The number of benzene rings is 2. The predicted molar refractivity (Wildman–Crippen MR) is 143 cm³/mol. The summed E-state index contributed by atoms with van der Waals surface area (Å²) >= 11 is 0. The smallest absolute Gasteiger partial charge is 0.191 e. The van der Waals surface area contributed by atoms with Crippen LogP contribution in [0.15, 0.2) is 72.2 Å². The zero-order chi connectivity index (χ0) is 22.0. The zero-order valence-corrected chi connectivity index (χ0v) is 21.4. The largest absolute Gasteiger partial charge is 0.379 e. The SMILES string of the molecule is CCNC(=NCc1ccccc1-n1ccnc1)NCc1ccccc1CN1CCOCC1.I. The summed E-state index contributed by atoms with van der Waals surface area (Å²) in [4.78, 5) is 11.5. The van der Waals surface area contributed by atoms with E-state index in [1.54, 1.807) is 6.20 Å². The van der Waals surface area contributed by atoms with Crippen molar-refractivity contribution in [2.24, 2.45) is 4.99 Å². The molecule has 1 fully saturated rings. The number of para-hydroxylation sites is 1. The molecule has 0 radical (unpaired) electrons. The van der Waals surface area contributed by atoms with Gasteiger partial charge < -0.3 is 19.9 Å². The van der Waals surface area contributed by atoms with Crippen LogP contribution in [0.25, 0.3) is 5.69 Å². The lowest BCUT2D eigenvalue weighted by Gasteiger charge is -2.27. The first-order valence-corrected chi connectivity index (χ1v) is 11.3. The minimum atomic E-state index is 0. The van der Waals surface area contributed by atoms with Crippen molar-refractivity contribution in [3.05, 3.63) is 83.9 Å². The van der Waals surface area contributed by atoms with Crippen LogP contribution in [0.2, 0.25) is 0 Å². The maximum absolute atomic E-state index is 5.49. The first-order chi connectivity index (χ1) is 15.8. The molecule has 0 unspecified atom stereocenters. The van der Waals surface area contributed by atoms with E-state index in [2.05, 4.69) is 63.8 Å². The zero-order valence-electron chi connectivity index (χ0n) is 19.1. The van der Waals surface area contributed by atoms with Gasteiger partial charge in [0.1, 0.15) is 0 Å². The van der Waals surface area contributed by atoms with Crippen molar-refractivity contribution >= 4 is 29.9 Å². The Labute approximate surface area is 213 Å². The summed E-state index contributed by atoms with van der Waals surface area (Å²) in [7, 11) is 0. The minimum Gasteiger partial charge on any atom is -0.379 e. The molecule has 0 aliphatic carbocycles. The predicted octanol–water partition coefficient (Wildman–Crippen LogP) is 3.58. The number of rotatable bonds is 8. The van der Waals surface area contributed by atoms with Crippen molar-refractivity contribution < 1.29 is 4.74 Å². The Morgan fingerprint density at radius 1 is 1.00 bits per heavy atom. The highest BCUT2D eigenvalue weighted by Crippen LogP contribution is 2.16. The highest BCUT2D eigenvalue weighted by molar-refractivity contribution is 14.0. The summed E-state index contributed by atoms with van der Waals surface area (Å²) < 4.78 is 7.51. The third kappa shape index (κ3) is 7.28. The van der Waals surface area contributed by atoms with E-state index in [-0.39, 0.29) is 24.0 Å². The molecule has 1 aliphatic heterocycles. The first kappa shape index (κ1) is 25.2. The Bertz CT molecular complexity index is 1000. The lowest BCUT2D eigenvalue weighted by molar-refractivity contribution is 0.0341. The average molecular weight is 560 g/mol. The average Bonchev–Trinajstić information content (AvgIpc) is 3.37. The Morgan fingerprint density at radius 3 is 2.45 bits per heavy atom. The molecule has 2 aromatic carbocycles. The lowest BCUT2D eigenvalue weighted by Crippen LogP contribution is -2.38. The molecular weight excluding hydrogens is 527 g/mol. The molecule has 2 heterocycles. The maximum atomic E-state index is 5.49. The van der Waals surface area contributed by atoms with Gasteiger partial charge in [0, 0.05) is 45.1 Å². The molecule has 2 N–H and O–H groups in total. The van der Waals surface area contributed by atoms with Gasteiger partial charge in [-0.05, 0) is 29.7 Å². The highest BCUT2D eigenvalue weighted by Gasteiger charge is 2.13. The van der Waals surface area contributed by atoms with Crippen LogP contribution < -0.4 is 10.6 Å². The number of guanidine groups is 1. The second kappa shape index (κ2) is 13.3. The number of hydrogen-bond donors (Lipinski definition) is 2. The molecule has 0 spiro atoms. The monoisotopic (exact) mass is 560 g/mol. The molecule has 4 rings (SSSR count). The highest BCUT2D eigenvalue weighted by atomic mass is 127. The summed E-state index contributed by atoms with van der Waals surface area (Å²) in [5, 5.41) is 6.89. The van der Waals surface area contributed by atoms with E-state index in [9.17, 15) is 0 Å². The molecule has 0 amide bonds. The molecular formula is C25H33IN6O. The summed E-state index contributed by atoms with van der Waals surface area (Å²) in [6, 6.07) is 16.9. The van der Waals surface area contributed by atoms with Crippen molar-refractivity contribution in [2.75, 3.05) is 32.8 Å². The van der Waals surface area contributed by atoms with Gasteiger partial charge in [-0.2, -0.15) is 0 Å². The second-order valence-corrected chi connectivity index (χ2v) is 7.80. The number of ether oxygens (including phenoxy) is 1. The van der Waals surface area contributed by atoms with Crippen LogP contribution in [0.5, 0.6) is 0 Å². The molecule has 7 nitrogen and oxygen atoms in total. The van der Waals surface area contributed by atoms with Crippen LogP contribution in [0.1, 0.15) is 23.6 Å². The fraction of sp³-hybridized carbons (Fsp3) is 0.360. The van der Waals surface area contributed by atoms with Gasteiger partial charge in [0.05, 0.1) is 31.8 Å². The van der Waals surface area contributed by atoms with E-state index in [1.165, 1.54) is 11.1 Å². The molecule has 3 aromatic rings. The number of nitrogens with zero attached hydrogens (tertiary/aromatic N) is 4. The molecule has 33 heavy (non-hydrogen) atoms. The fourth-order valence-electron chi connectivity index (χ4n) is 3.87. The molecule has 176 valence electrons. The summed E-state index contributed by atoms with van der Waals surface area (Å²) in [5.41, 5.74) is 4.89. The number of imidazole rings is 1. The molecule has 0 bridgehead atoms. The van der Waals surface area contributed by atoms with E-state index in [1.807, 2.05) is 29.2 Å². The van der Waals surface area contributed by atoms with Crippen molar-refractivity contribution in [1.29, 1.82) is 0 Å². The Morgan fingerprint density at radius 2 is 1.73 bits per heavy atom. The number of aromatic nitrogens is 2. The number of halogens is 1. The summed E-state index contributed by atoms with van der Waals surface area (Å²) in [6.45, 7) is 8.77. The van der Waals surface area contributed by atoms with Crippen LogP contribution in [0.3, 0.4) is 0 Å². The number of hydrogen-bond acceptors (Lipinski definition) is 4. The minimum absolute atomic E-state index is 0. The molecule has 1 saturated heterocycles. The van der Waals surface area contributed by atoms with Gasteiger partial charge in [0.15, 0.2) is 5.96 Å². The molecule has 1 aliphatic rings. The molecule has 8 heteroatoms. The van der Waals surface area contributed by atoms with Crippen molar-refractivity contribution in [3.8, 4) is 5.69 Å². The first-order valence-electron chi connectivity index (χ1n) is 11.3. The van der Waals surface area contributed by atoms with Gasteiger partial charge >= 0.3 is 0 Å². The van der Waals surface area contributed by atoms with Crippen LogP contribution in [-0.2, 0) is 24.4 Å². The summed E-state index contributed by atoms with van der Waals surface area (Å²) in [5.74, 6) is 0.814. The Hall–Kier alpha value is -2.43. The van der Waals surface area contributed by atoms with Crippen molar-refractivity contribution in [2.45, 2.75) is 26.6 Å². The van der Waals surface area contributed by atoms with Crippen LogP contribution >= 0.6 is 24.0 Å². The van der Waals surface area contributed by atoms with Gasteiger partial charge in [0.2, 0.25) is 0 Å². The Balaban J connectivity index is 0.00000306. The van der Waals surface area contributed by atoms with E-state index in [0.717, 1.165) is 63.1 Å². The van der Waals surface area contributed by atoms with Crippen molar-refractivity contribution in [3.63, 3.8) is 0 Å². The quantitative estimate of drug-likeness (QED) is 0.251. The number of nitrogens with one attached hydrogen (secondary N) is 2. The molecule has 1 aromatic heterocycles. The van der Waals surface area contributed by atoms with Gasteiger partial charge in [-0.15, -0.1) is 24.0 Å². The van der Waals surface area contributed by atoms with Crippen LogP contribution in [0, 0.1) is 0 Å². The van der Waals surface area contributed by atoms with Gasteiger partial charge in [0.25, 0.3) is 0 Å². The fourth-order valence-corrected chi connectivity index (χ4v) is 3.87. The van der Waals surface area contributed by atoms with Gasteiger partial charge in [-0.1, -0.05) is 42.5 Å². The normalized spacial score (nSPS) is 14.5. The van der Waals surface area contributed by atoms with Crippen LogP contribution in [0.4, 0.5) is 0 Å². The topological polar surface area (TPSA) is 66.7 Å². The Kier molecular flexibility index (Phi) is 10.2. The van der Waals surface area contributed by atoms with E-state index in [4.69, 9.17) is 9.73 Å². The standard InChI is InChI=1S/C25H32N6O.HI/c1-2-27-25(29-18-22-8-5-6-10-24(22)31-12-11-26-20-31)28-17-21-7-3-4-9-23(21)19-30-13-15-32-16-14-30;/h3-12,20H,2,13-19H2,1H3,(H2,27,28,29);1H. The van der Waals surface area contributed by atoms with E-state index < -0.39 is 0 Å². The van der Waals surface area contributed by atoms with E-state index in [0.29, 0.717) is 6.54 Å². The van der Waals surface area contributed by atoms with E-state index >= 15 is 0 Å². The number of morpholine rings is 1. The molecule has 0 saturated carbocycles.